The zero-order valence-electron chi connectivity index (χ0n) is 9.25. The van der Waals surface area contributed by atoms with Gasteiger partial charge in [-0.05, 0) is 18.1 Å². The van der Waals surface area contributed by atoms with E-state index in [4.69, 9.17) is 23.2 Å². The Morgan fingerprint density at radius 1 is 1.38 bits per heavy atom. The third kappa shape index (κ3) is 3.69. The lowest BCUT2D eigenvalue weighted by molar-refractivity contribution is -0.129. The summed E-state index contributed by atoms with van der Waals surface area (Å²) < 4.78 is 0. The first kappa shape index (κ1) is 13.3. The van der Waals surface area contributed by atoms with Crippen LogP contribution in [0, 0.1) is 0 Å². The molecule has 0 aromatic heterocycles. The lowest BCUT2D eigenvalue weighted by atomic mass is 10.2. The molecule has 1 amide bonds. The molecular formula is C12H15Cl2NO. The van der Waals surface area contributed by atoms with Gasteiger partial charge in [-0.25, -0.2) is 0 Å². The second-order valence-electron chi connectivity index (χ2n) is 3.54. The van der Waals surface area contributed by atoms with Gasteiger partial charge in [-0.1, -0.05) is 36.7 Å². The number of carbonyl (C=O) groups is 1. The van der Waals surface area contributed by atoms with Crippen LogP contribution in [-0.4, -0.2) is 23.2 Å². The van der Waals surface area contributed by atoms with Crippen molar-refractivity contribution in [2.45, 2.75) is 19.9 Å². The highest BCUT2D eigenvalue weighted by Gasteiger charge is 2.12. The maximum absolute atomic E-state index is 11.6. The fourth-order valence-electron chi connectivity index (χ4n) is 1.48. The van der Waals surface area contributed by atoms with Crippen LogP contribution in [0.5, 0.6) is 0 Å². The van der Waals surface area contributed by atoms with Crippen molar-refractivity contribution >= 4 is 29.1 Å². The monoisotopic (exact) mass is 259 g/mol. The molecule has 0 saturated heterocycles. The molecule has 0 bridgehead atoms. The average molecular weight is 260 g/mol. The fourth-order valence-corrected chi connectivity index (χ4v) is 1.84. The molecule has 0 N–H and O–H groups in total. The van der Waals surface area contributed by atoms with Crippen molar-refractivity contribution in [1.82, 2.24) is 4.90 Å². The molecule has 0 atom stereocenters. The SMILES string of the molecule is CCCN(Cc1ccccc1Cl)C(=O)CCl. The van der Waals surface area contributed by atoms with E-state index in [1.54, 1.807) is 4.90 Å². The van der Waals surface area contributed by atoms with E-state index in [9.17, 15) is 4.79 Å². The molecule has 16 heavy (non-hydrogen) atoms. The van der Waals surface area contributed by atoms with Crippen LogP contribution < -0.4 is 0 Å². The molecule has 0 aliphatic carbocycles. The predicted octanol–water partition coefficient (Wildman–Crippen LogP) is 3.32. The van der Waals surface area contributed by atoms with Crippen molar-refractivity contribution < 1.29 is 4.79 Å². The van der Waals surface area contributed by atoms with E-state index in [1.807, 2.05) is 31.2 Å². The van der Waals surface area contributed by atoms with E-state index in [0.29, 0.717) is 18.1 Å². The highest BCUT2D eigenvalue weighted by molar-refractivity contribution is 6.31. The topological polar surface area (TPSA) is 20.3 Å². The number of nitrogens with zero attached hydrogens (tertiary/aromatic N) is 1. The van der Waals surface area contributed by atoms with Crippen molar-refractivity contribution in [2.24, 2.45) is 0 Å². The molecule has 88 valence electrons. The van der Waals surface area contributed by atoms with Gasteiger partial charge < -0.3 is 4.90 Å². The molecule has 0 radical (unpaired) electrons. The molecule has 2 nitrogen and oxygen atoms in total. The van der Waals surface area contributed by atoms with Crippen LogP contribution in [0.4, 0.5) is 0 Å². The first-order valence-corrected chi connectivity index (χ1v) is 6.17. The summed E-state index contributed by atoms with van der Waals surface area (Å²) >= 11 is 11.6. The van der Waals surface area contributed by atoms with Gasteiger partial charge in [-0.2, -0.15) is 0 Å². The first-order valence-electron chi connectivity index (χ1n) is 5.26. The van der Waals surface area contributed by atoms with Crippen molar-refractivity contribution in [1.29, 1.82) is 0 Å². The van der Waals surface area contributed by atoms with Crippen LogP contribution in [0.15, 0.2) is 24.3 Å². The Morgan fingerprint density at radius 2 is 2.06 bits per heavy atom. The summed E-state index contributed by atoms with van der Waals surface area (Å²) in [6.07, 6.45) is 0.910. The van der Waals surface area contributed by atoms with E-state index in [1.165, 1.54) is 0 Å². The third-order valence-electron chi connectivity index (χ3n) is 2.28. The Labute approximate surface area is 106 Å². The van der Waals surface area contributed by atoms with Gasteiger partial charge in [-0.15, -0.1) is 11.6 Å². The second-order valence-corrected chi connectivity index (χ2v) is 4.21. The summed E-state index contributed by atoms with van der Waals surface area (Å²) in [5.74, 6) is -0.0341. The minimum atomic E-state index is -0.0524. The molecule has 4 heteroatoms. The maximum atomic E-state index is 11.6. The Morgan fingerprint density at radius 3 is 2.62 bits per heavy atom. The molecule has 1 aromatic rings. The van der Waals surface area contributed by atoms with Gasteiger partial charge in [-0.3, -0.25) is 4.79 Å². The minimum absolute atomic E-state index is 0.0183. The third-order valence-corrected chi connectivity index (χ3v) is 2.88. The molecule has 1 rings (SSSR count). The number of carbonyl (C=O) groups excluding carboxylic acids is 1. The maximum Gasteiger partial charge on any atom is 0.237 e. The summed E-state index contributed by atoms with van der Waals surface area (Å²) in [6.45, 7) is 3.26. The number of halogens is 2. The van der Waals surface area contributed by atoms with Gasteiger partial charge in [0, 0.05) is 18.1 Å². The Hall–Kier alpha value is -0.730. The molecule has 0 spiro atoms. The van der Waals surface area contributed by atoms with Gasteiger partial charge in [0.15, 0.2) is 0 Å². The van der Waals surface area contributed by atoms with Crippen LogP contribution in [0.25, 0.3) is 0 Å². The summed E-state index contributed by atoms with van der Waals surface area (Å²) in [4.78, 5) is 13.3. The van der Waals surface area contributed by atoms with E-state index < -0.39 is 0 Å². The molecule has 0 aliphatic rings. The summed E-state index contributed by atoms with van der Waals surface area (Å²) in [5, 5.41) is 0.686. The van der Waals surface area contributed by atoms with E-state index in [2.05, 4.69) is 0 Å². The molecule has 1 aromatic carbocycles. The van der Waals surface area contributed by atoms with Crippen molar-refractivity contribution in [3.8, 4) is 0 Å². The molecule has 0 fully saturated rings. The van der Waals surface area contributed by atoms with E-state index in [0.717, 1.165) is 12.0 Å². The highest BCUT2D eigenvalue weighted by Crippen LogP contribution is 2.17. The second kappa shape index (κ2) is 6.77. The van der Waals surface area contributed by atoms with E-state index >= 15 is 0 Å². The number of amides is 1. The number of hydrogen-bond acceptors (Lipinski definition) is 1. The first-order chi connectivity index (χ1) is 7.69. The zero-order valence-corrected chi connectivity index (χ0v) is 10.8. The molecular weight excluding hydrogens is 245 g/mol. The van der Waals surface area contributed by atoms with Crippen LogP contribution in [0.2, 0.25) is 5.02 Å². The van der Waals surface area contributed by atoms with Crippen LogP contribution in [0.1, 0.15) is 18.9 Å². The van der Waals surface area contributed by atoms with Crippen LogP contribution in [0.3, 0.4) is 0 Å². The van der Waals surface area contributed by atoms with Crippen LogP contribution in [-0.2, 0) is 11.3 Å². The van der Waals surface area contributed by atoms with Gasteiger partial charge in [0.25, 0.3) is 0 Å². The van der Waals surface area contributed by atoms with E-state index in [-0.39, 0.29) is 11.8 Å². The summed E-state index contributed by atoms with van der Waals surface area (Å²) in [7, 11) is 0. The van der Waals surface area contributed by atoms with Gasteiger partial charge in [0.05, 0.1) is 0 Å². The number of alkyl halides is 1. The fraction of sp³-hybridized carbons (Fsp3) is 0.417. The van der Waals surface area contributed by atoms with Gasteiger partial charge in [0.2, 0.25) is 5.91 Å². The van der Waals surface area contributed by atoms with Crippen molar-refractivity contribution in [3.05, 3.63) is 34.9 Å². The Balaban J connectivity index is 2.75. The lowest BCUT2D eigenvalue weighted by Gasteiger charge is -2.21. The predicted molar refractivity (Wildman–Crippen MR) is 67.9 cm³/mol. The quantitative estimate of drug-likeness (QED) is 0.744. The zero-order chi connectivity index (χ0) is 12.0. The number of benzene rings is 1. The standard InChI is InChI=1S/C12H15Cl2NO/c1-2-7-15(12(16)8-13)9-10-5-3-4-6-11(10)14/h3-6H,2,7-9H2,1H3. The summed E-state index contributed by atoms with van der Waals surface area (Å²) in [6, 6.07) is 7.54. The number of hydrogen-bond donors (Lipinski definition) is 0. The lowest BCUT2D eigenvalue weighted by Crippen LogP contribution is -2.32. The smallest absolute Gasteiger partial charge is 0.237 e. The Bertz CT molecular complexity index is 355. The normalized spacial score (nSPS) is 10.2. The van der Waals surface area contributed by atoms with Crippen LogP contribution >= 0.6 is 23.2 Å². The molecule has 0 saturated carbocycles. The summed E-state index contributed by atoms with van der Waals surface area (Å²) in [5.41, 5.74) is 0.955. The van der Waals surface area contributed by atoms with Crippen molar-refractivity contribution in [3.63, 3.8) is 0 Å². The highest BCUT2D eigenvalue weighted by atomic mass is 35.5. The Kier molecular flexibility index (Phi) is 5.64. The average Bonchev–Trinajstić information content (AvgIpc) is 2.30. The van der Waals surface area contributed by atoms with Gasteiger partial charge >= 0.3 is 0 Å². The minimum Gasteiger partial charge on any atom is -0.337 e. The number of rotatable bonds is 5. The largest absolute Gasteiger partial charge is 0.337 e. The molecule has 0 heterocycles. The van der Waals surface area contributed by atoms with Gasteiger partial charge in [0.1, 0.15) is 5.88 Å². The molecule has 0 unspecified atom stereocenters. The molecule has 0 aliphatic heterocycles. The van der Waals surface area contributed by atoms with Crippen molar-refractivity contribution in [2.75, 3.05) is 12.4 Å².